The summed E-state index contributed by atoms with van der Waals surface area (Å²) in [7, 11) is 0. The van der Waals surface area contributed by atoms with Gasteiger partial charge < -0.3 is 4.90 Å². The molecule has 8 heteroatoms. The zero-order valence-electron chi connectivity index (χ0n) is 18.0. The second-order valence-corrected chi connectivity index (χ2v) is 8.07. The molecule has 33 heavy (non-hydrogen) atoms. The topological polar surface area (TPSA) is 68.6 Å². The summed E-state index contributed by atoms with van der Waals surface area (Å²) >= 11 is 0. The van der Waals surface area contributed by atoms with Crippen LogP contribution in [0.3, 0.4) is 0 Å². The monoisotopic (exact) mass is 465 g/mol. The SMILES string of the molecule is Cc1[nH]nc2nc(-c3cccc(F)c3F)c(C#N)c(-c3ccc(N4CCCCC4)cc3)c12.Cl. The van der Waals surface area contributed by atoms with Gasteiger partial charge in [0, 0.05) is 35.6 Å². The molecular formula is C25H22ClF2N5. The molecule has 0 saturated carbocycles. The first-order chi connectivity index (χ1) is 15.6. The summed E-state index contributed by atoms with van der Waals surface area (Å²) in [5.74, 6) is -2.02. The van der Waals surface area contributed by atoms with Crippen LogP contribution < -0.4 is 4.90 Å². The molecule has 0 radical (unpaired) electrons. The molecule has 5 rings (SSSR count). The van der Waals surface area contributed by atoms with Gasteiger partial charge in [0.2, 0.25) is 0 Å². The fourth-order valence-electron chi connectivity index (χ4n) is 4.47. The fraction of sp³-hybridized carbons (Fsp3) is 0.240. The number of nitrogens with one attached hydrogen (secondary N) is 1. The van der Waals surface area contributed by atoms with Crippen molar-refractivity contribution in [2.24, 2.45) is 0 Å². The van der Waals surface area contributed by atoms with Gasteiger partial charge in [-0.1, -0.05) is 18.2 Å². The Labute approximate surface area is 196 Å². The largest absolute Gasteiger partial charge is 0.372 e. The normalized spacial score (nSPS) is 13.6. The molecule has 1 fully saturated rings. The van der Waals surface area contributed by atoms with E-state index in [1.807, 2.05) is 31.2 Å². The van der Waals surface area contributed by atoms with E-state index in [1.165, 1.54) is 31.4 Å². The highest BCUT2D eigenvalue weighted by atomic mass is 35.5. The zero-order valence-corrected chi connectivity index (χ0v) is 18.8. The number of H-pyrrole nitrogens is 1. The van der Waals surface area contributed by atoms with Crippen molar-refractivity contribution in [1.82, 2.24) is 15.2 Å². The summed E-state index contributed by atoms with van der Waals surface area (Å²) in [6.07, 6.45) is 3.62. The maximum Gasteiger partial charge on any atom is 0.182 e. The highest BCUT2D eigenvalue weighted by molar-refractivity contribution is 6.00. The molecule has 1 saturated heterocycles. The van der Waals surface area contributed by atoms with Crippen LogP contribution in [0, 0.1) is 29.9 Å². The lowest BCUT2D eigenvalue weighted by Gasteiger charge is -2.29. The number of fused-ring (bicyclic) bond motifs is 1. The molecule has 1 aliphatic heterocycles. The third-order valence-corrected chi connectivity index (χ3v) is 6.08. The Morgan fingerprint density at radius 3 is 2.45 bits per heavy atom. The number of nitrogens with zero attached hydrogens (tertiary/aromatic N) is 4. The highest BCUT2D eigenvalue weighted by Gasteiger charge is 2.24. The lowest BCUT2D eigenvalue weighted by atomic mass is 9.93. The number of benzene rings is 2. The minimum atomic E-state index is -1.03. The van der Waals surface area contributed by atoms with Gasteiger partial charge in [0.1, 0.15) is 6.07 Å². The van der Waals surface area contributed by atoms with Gasteiger partial charge in [-0.3, -0.25) is 5.10 Å². The first kappa shape index (κ1) is 22.7. The third-order valence-electron chi connectivity index (χ3n) is 6.08. The number of rotatable bonds is 3. The Hall–Kier alpha value is -3.50. The van der Waals surface area contributed by atoms with Gasteiger partial charge >= 0.3 is 0 Å². The van der Waals surface area contributed by atoms with E-state index in [2.05, 4.69) is 26.2 Å². The second kappa shape index (κ2) is 9.16. The van der Waals surface area contributed by atoms with Crippen LogP contribution in [0.4, 0.5) is 14.5 Å². The van der Waals surface area contributed by atoms with Gasteiger partial charge in [0.15, 0.2) is 17.3 Å². The van der Waals surface area contributed by atoms with Crippen molar-refractivity contribution in [2.75, 3.05) is 18.0 Å². The van der Waals surface area contributed by atoms with Gasteiger partial charge in [-0.15, -0.1) is 12.4 Å². The smallest absolute Gasteiger partial charge is 0.182 e. The third kappa shape index (κ3) is 3.91. The van der Waals surface area contributed by atoms with Crippen molar-refractivity contribution in [3.8, 4) is 28.5 Å². The summed E-state index contributed by atoms with van der Waals surface area (Å²) in [6, 6.07) is 14.1. The van der Waals surface area contributed by atoms with Crippen molar-refractivity contribution in [2.45, 2.75) is 26.2 Å². The number of aromatic amines is 1. The van der Waals surface area contributed by atoms with E-state index in [1.54, 1.807) is 0 Å². The average molecular weight is 466 g/mol. The Bertz CT molecular complexity index is 1350. The number of piperidine rings is 1. The zero-order chi connectivity index (χ0) is 22.2. The molecule has 168 valence electrons. The van der Waals surface area contributed by atoms with Crippen LogP contribution in [-0.4, -0.2) is 28.3 Å². The predicted molar refractivity (Wildman–Crippen MR) is 127 cm³/mol. The number of halogens is 3. The van der Waals surface area contributed by atoms with E-state index in [4.69, 9.17) is 0 Å². The molecule has 0 atom stereocenters. The molecule has 2 aromatic carbocycles. The van der Waals surface area contributed by atoms with Crippen LogP contribution in [0.15, 0.2) is 42.5 Å². The Balaban J connectivity index is 0.00000259. The van der Waals surface area contributed by atoms with Crippen molar-refractivity contribution >= 4 is 29.1 Å². The molecule has 0 amide bonds. The molecule has 5 nitrogen and oxygen atoms in total. The number of anilines is 1. The van der Waals surface area contributed by atoms with Gasteiger partial charge in [0.05, 0.1) is 16.6 Å². The quantitative estimate of drug-likeness (QED) is 0.393. The van der Waals surface area contributed by atoms with E-state index in [0.717, 1.165) is 36.1 Å². The van der Waals surface area contributed by atoms with Crippen molar-refractivity contribution in [1.29, 1.82) is 5.26 Å². The van der Waals surface area contributed by atoms with Crippen LogP contribution in [0.25, 0.3) is 33.4 Å². The number of hydrogen-bond donors (Lipinski definition) is 1. The van der Waals surface area contributed by atoms with Gasteiger partial charge in [-0.05, 0) is 56.0 Å². The van der Waals surface area contributed by atoms with Crippen LogP contribution >= 0.6 is 12.4 Å². The molecule has 4 aromatic rings. The summed E-state index contributed by atoms with van der Waals surface area (Å²) in [5, 5.41) is 17.9. The number of aromatic nitrogens is 3. The predicted octanol–water partition coefficient (Wildman–Crippen LogP) is 6.16. The average Bonchev–Trinajstić information content (AvgIpc) is 3.20. The molecular weight excluding hydrogens is 444 g/mol. The molecule has 3 heterocycles. The van der Waals surface area contributed by atoms with Crippen LogP contribution in [0.1, 0.15) is 30.5 Å². The maximum atomic E-state index is 14.6. The number of hydrogen-bond acceptors (Lipinski definition) is 4. The Morgan fingerprint density at radius 2 is 1.76 bits per heavy atom. The highest BCUT2D eigenvalue weighted by Crippen LogP contribution is 2.39. The van der Waals surface area contributed by atoms with E-state index >= 15 is 0 Å². The molecule has 0 spiro atoms. The summed E-state index contributed by atoms with van der Waals surface area (Å²) in [5.41, 5.74) is 3.88. The van der Waals surface area contributed by atoms with Crippen LogP contribution in [0.2, 0.25) is 0 Å². The van der Waals surface area contributed by atoms with Gasteiger partial charge in [-0.2, -0.15) is 10.4 Å². The first-order valence-electron chi connectivity index (χ1n) is 10.7. The van der Waals surface area contributed by atoms with Crippen molar-refractivity contribution in [3.63, 3.8) is 0 Å². The van der Waals surface area contributed by atoms with Crippen LogP contribution in [0.5, 0.6) is 0 Å². The minimum Gasteiger partial charge on any atom is -0.372 e. The second-order valence-electron chi connectivity index (χ2n) is 8.07. The van der Waals surface area contributed by atoms with Crippen molar-refractivity contribution in [3.05, 3.63) is 65.4 Å². The standard InChI is InChI=1S/C25H21F2N5.ClH/c1-15-21-22(16-8-10-17(11-9-16)32-12-3-2-4-13-32)19(14-28)24(29-25(21)31-30-15)18-6-5-7-20(26)23(18)27;/h5-11H,2-4,12-13H2,1H3,(H,29,30,31);1H. The molecule has 0 bridgehead atoms. The number of aryl methyl sites for hydroxylation is 1. The lowest BCUT2D eigenvalue weighted by Crippen LogP contribution is -2.29. The van der Waals surface area contributed by atoms with Gasteiger partial charge in [0.25, 0.3) is 0 Å². The summed E-state index contributed by atoms with van der Waals surface area (Å²) < 4.78 is 28.6. The summed E-state index contributed by atoms with van der Waals surface area (Å²) in [6.45, 7) is 3.92. The van der Waals surface area contributed by atoms with E-state index in [9.17, 15) is 14.0 Å². The van der Waals surface area contributed by atoms with Gasteiger partial charge in [-0.25, -0.2) is 13.8 Å². The van der Waals surface area contributed by atoms with E-state index in [-0.39, 0.29) is 29.2 Å². The van der Waals surface area contributed by atoms with Crippen LogP contribution in [-0.2, 0) is 0 Å². The number of pyridine rings is 1. The van der Waals surface area contributed by atoms with E-state index < -0.39 is 11.6 Å². The molecule has 1 aliphatic rings. The molecule has 1 N–H and O–H groups in total. The Morgan fingerprint density at radius 1 is 1.03 bits per heavy atom. The Kier molecular flexibility index (Phi) is 6.30. The maximum absolute atomic E-state index is 14.6. The molecule has 0 unspecified atom stereocenters. The van der Waals surface area contributed by atoms with E-state index in [0.29, 0.717) is 16.6 Å². The lowest BCUT2D eigenvalue weighted by molar-refractivity contribution is 0.511. The number of nitriles is 1. The first-order valence-corrected chi connectivity index (χ1v) is 10.7. The molecule has 2 aromatic heterocycles. The fourth-order valence-corrected chi connectivity index (χ4v) is 4.47. The minimum absolute atomic E-state index is 0. The van der Waals surface area contributed by atoms with Crippen molar-refractivity contribution < 1.29 is 8.78 Å². The molecule has 0 aliphatic carbocycles. The summed E-state index contributed by atoms with van der Waals surface area (Å²) in [4.78, 5) is 6.79.